The molecule has 0 aliphatic heterocycles. The SMILES string of the molecule is CC(=N)c1cc(CNCCC(=O)O)ccn1.OCc1ccc(C2CCCCC2)c(C(F)(F)F)c1. The van der Waals surface area contributed by atoms with Gasteiger partial charge in [-0.25, -0.2) is 0 Å². The molecule has 0 bridgehead atoms. The average Bonchev–Trinajstić information content (AvgIpc) is 2.82. The average molecular weight is 480 g/mol. The number of aliphatic hydroxyl groups excluding tert-OH is 1. The standard InChI is InChI=1S/C14H17F3O.C11H15N3O2/c15-14(16,17)13-8-10(9-18)6-7-12(13)11-4-2-1-3-5-11;1-8(12)10-6-9(2-5-14-10)7-13-4-3-11(15)16/h6-8,11,18H,1-5,9H2;2,5-6,12-13H,3-4,7H2,1H3,(H,15,16). The highest BCUT2D eigenvalue weighted by Gasteiger charge is 2.35. The van der Waals surface area contributed by atoms with E-state index in [0.717, 1.165) is 43.7 Å². The zero-order valence-electron chi connectivity index (χ0n) is 19.3. The smallest absolute Gasteiger partial charge is 0.416 e. The lowest BCUT2D eigenvalue weighted by Gasteiger charge is -2.25. The van der Waals surface area contributed by atoms with Crippen molar-refractivity contribution in [3.05, 3.63) is 64.5 Å². The van der Waals surface area contributed by atoms with Gasteiger partial charge in [0.25, 0.3) is 0 Å². The number of hydrogen-bond acceptors (Lipinski definition) is 5. The van der Waals surface area contributed by atoms with Crippen LogP contribution in [0.5, 0.6) is 0 Å². The van der Waals surface area contributed by atoms with Gasteiger partial charge in [0.15, 0.2) is 0 Å². The topological polar surface area (TPSA) is 106 Å². The van der Waals surface area contributed by atoms with E-state index in [1.807, 2.05) is 12.1 Å². The van der Waals surface area contributed by atoms with E-state index in [4.69, 9.17) is 15.6 Å². The minimum absolute atomic E-state index is 0.0168. The summed E-state index contributed by atoms with van der Waals surface area (Å²) in [6.07, 6.45) is 2.23. The summed E-state index contributed by atoms with van der Waals surface area (Å²) in [5, 5.41) is 27.9. The first-order valence-corrected chi connectivity index (χ1v) is 11.4. The summed E-state index contributed by atoms with van der Waals surface area (Å²) in [5.74, 6) is -0.790. The van der Waals surface area contributed by atoms with Gasteiger partial charge < -0.3 is 20.9 Å². The van der Waals surface area contributed by atoms with Crippen molar-refractivity contribution >= 4 is 11.7 Å². The summed E-state index contributed by atoms with van der Waals surface area (Å²) in [7, 11) is 0. The second-order valence-electron chi connectivity index (χ2n) is 8.41. The number of nitrogens with zero attached hydrogens (tertiary/aromatic N) is 1. The molecule has 186 valence electrons. The molecule has 1 fully saturated rings. The first-order valence-electron chi connectivity index (χ1n) is 11.4. The number of carbonyl (C=O) groups is 1. The molecule has 0 amide bonds. The number of alkyl halides is 3. The molecule has 0 saturated heterocycles. The van der Waals surface area contributed by atoms with E-state index >= 15 is 0 Å². The number of aliphatic carboxylic acids is 1. The number of rotatable bonds is 8. The Bertz CT molecular complexity index is 958. The van der Waals surface area contributed by atoms with E-state index < -0.39 is 17.7 Å². The first kappa shape index (κ1) is 27.5. The van der Waals surface area contributed by atoms with E-state index in [0.29, 0.717) is 35.6 Å². The zero-order valence-corrected chi connectivity index (χ0v) is 19.3. The van der Waals surface area contributed by atoms with Crippen LogP contribution in [0.2, 0.25) is 0 Å². The van der Waals surface area contributed by atoms with Gasteiger partial charge >= 0.3 is 12.1 Å². The van der Waals surface area contributed by atoms with E-state index in [-0.39, 0.29) is 18.9 Å². The van der Waals surface area contributed by atoms with Crippen molar-refractivity contribution in [2.45, 2.75) is 70.7 Å². The van der Waals surface area contributed by atoms with E-state index in [1.54, 1.807) is 25.3 Å². The molecule has 1 aromatic carbocycles. The minimum atomic E-state index is -4.34. The number of aliphatic hydroxyl groups is 1. The third kappa shape index (κ3) is 8.87. The number of aromatic nitrogens is 1. The van der Waals surface area contributed by atoms with Crippen molar-refractivity contribution in [2.24, 2.45) is 0 Å². The lowest BCUT2D eigenvalue weighted by Crippen LogP contribution is -2.17. The maximum absolute atomic E-state index is 13.0. The van der Waals surface area contributed by atoms with Crippen LogP contribution < -0.4 is 5.32 Å². The van der Waals surface area contributed by atoms with Crippen LogP contribution in [0.4, 0.5) is 13.2 Å². The molecule has 0 spiro atoms. The largest absolute Gasteiger partial charge is 0.481 e. The predicted molar refractivity (Wildman–Crippen MR) is 124 cm³/mol. The summed E-state index contributed by atoms with van der Waals surface area (Å²) < 4.78 is 39.1. The second-order valence-corrected chi connectivity index (χ2v) is 8.41. The molecule has 4 N–H and O–H groups in total. The monoisotopic (exact) mass is 479 g/mol. The van der Waals surface area contributed by atoms with Crippen LogP contribution in [0.25, 0.3) is 0 Å². The van der Waals surface area contributed by atoms with Crippen molar-refractivity contribution in [3.8, 4) is 0 Å². The van der Waals surface area contributed by atoms with E-state index in [1.165, 1.54) is 0 Å². The molecule has 1 aromatic heterocycles. The zero-order chi connectivity index (χ0) is 25.1. The first-order chi connectivity index (χ1) is 16.1. The summed E-state index contributed by atoms with van der Waals surface area (Å²) in [6, 6.07) is 7.91. The van der Waals surface area contributed by atoms with Crippen LogP contribution in [0.1, 0.15) is 79.3 Å². The molecular formula is C25H32F3N3O3. The molecule has 1 aliphatic carbocycles. The molecule has 9 heteroatoms. The molecule has 1 aliphatic rings. The van der Waals surface area contributed by atoms with Crippen LogP contribution in [-0.4, -0.2) is 33.4 Å². The number of hydrogen-bond donors (Lipinski definition) is 4. The fourth-order valence-corrected chi connectivity index (χ4v) is 3.93. The third-order valence-electron chi connectivity index (χ3n) is 5.70. The highest BCUT2D eigenvalue weighted by molar-refractivity contribution is 5.94. The lowest BCUT2D eigenvalue weighted by molar-refractivity contribution is -0.139. The summed E-state index contributed by atoms with van der Waals surface area (Å²) in [4.78, 5) is 14.3. The quantitative estimate of drug-likeness (QED) is 0.305. The Morgan fingerprint density at radius 2 is 1.85 bits per heavy atom. The van der Waals surface area contributed by atoms with E-state index in [2.05, 4.69) is 10.3 Å². The van der Waals surface area contributed by atoms with Gasteiger partial charge in [-0.1, -0.05) is 31.4 Å². The number of pyridine rings is 1. The normalized spacial score (nSPS) is 14.3. The molecule has 6 nitrogen and oxygen atoms in total. The van der Waals surface area contributed by atoms with Gasteiger partial charge in [0, 0.05) is 19.3 Å². The third-order valence-corrected chi connectivity index (χ3v) is 5.70. The minimum Gasteiger partial charge on any atom is -0.481 e. The molecule has 0 radical (unpaired) electrons. The van der Waals surface area contributed by atoms with E-state index in [9.17, 15) is 18.0 Å². The fourth-order valence-electron chi connectivity index (χ4n) is 3.93. The Morgan fingerprint density at radius 3 is 2.44 bits per heavy atom. The maximum Gasteiger partial charge on any atom is 0.416 e. The Kier molecular flexibility index (Phi) is 10.7. The van der Waals surface area contributed by atoms with Gasteiger partial charge in [-0.3, -0.25) is 9.78 Å². The number of halogens is 3. The Hall–Kier alpha value is -2.78. The molecule has 3 rings (SSSR count). The summed E-state index contributed by atoms with van der Waals surface area (Å²) in [5.41, 5.74) is 2.23. The number of nitrogens with one attached hydrogen (secondary N) is 2. The van der Waals surface area contributed by atoms with Crippen LogP contribution in [0, 0.1) is 5.41 Å². The Morgan fingerprint density at radius 1 is 1.15 bits per heavy atom. The molecule has 34 heavy (non-hydrogen) atoms. The molecular weight excluding hydrogens is 447 g/mol. The van der Waals surface area contributed by atoms with Gasteiger partial charge in [0.1, 0.15) is 0 Å². The highest BCUT2D eigenvalue weighted by atomic mass is 19.4. The number of carboxylic acid groups (broad SMARTS) is 1. The van der Waals surface area contributed by atoms with Crippen LogP contribution in [-0.2, 0) is 24.1 Å². The van der Waals surface area contributed by atoms with Crippen LogP contribution in [0.15, 0.2) is 36.5 Å². The Balaban J connectivity index is 0.000000242. The molecule has 0 unspecified atom stereocenters. The van der Waals surface area contributed by atoms with Crippen molar-refractivity contribution in [3.63, 3.8) is 0 Å². The lowest BCUT2D eigenvalue weighted by atomic mass is 9.81. The molecule has 1 heterocycles. The fraction of sp³-hybridized carbons (Fsp3) is 0.480. The summed E-state index contributed by atoms with van der Waals surface area (Å²) >= 11 is 0. The highest BCUT2D eigenvalue weighted by Crippen LogP contribution is 2.41. The molecule has 0 atom stereocenters. The van der Waals surface area contributed by atoms with Crippen molar-refractivity contribution < 1.29 is 28.2 Å². The molecule has 1 saturated carbocycles. The van der Waals surface area contributed by atoms with Gasteiger partial charge in [0.2, 0.25) is 0 Å². The van der Waals surface area contributed by atoms with Gasteiger partial charge in [-0.2, -0.15) is 13.2 Å². The van der Waals surface area contributed by atoms with Crippen molar-refractivity contribution in [1.29, 1.82) is 5.41 Å². The number of benzene rings is 1. The summed E-state index contributed by atoms with van der Waals surface area (Å²) in [6.45, 7) is 2.37. The second kappa shape index (κ2) is 13.2. The number of carboxylic acids is 1. The van der Waals surface area contributed by atoms with Gasteiger partial charge in [0.05, 0.1) is 30.0 Å². The van der Waals surface area contributed by atoms with Crippen molar-refractivity contribution in [1.82, 2.24) is 10.3 Å². The van der Waals surface area contributed by atoms with Crippen LogP contribution >= 0.6 is 0 Å². The maximum atomic E-state index is 13.0. The van der Waals surface area contributed by atoms with Crippen molar-refractivity contribution in [2.75, 3.05) is 6.54 Å². The van der Waals surface area contributed by atoms with Crippen LogP contribution in [0.3, 0.4) is 0 Å². The predicted octanol–water partition coefficient (Wildman–Crippen LogP) is 5.28. The van der Waals surface area contributed by atoms with Gasteiger partial charge in [-0.15, -0.1) is 0 Å². The van der Waals surface area contributed by atoms with Gasteiger partial charge in [-0.05, 0) is 60.6 Å². The Labute approximate surface area is 197 Å². The molecule has 2 aromatic rings.